The smallest absolute Gasteiger partial charge is 0.356 e. The number of aromatic carboxylic acids is 1. The van der Waals surface area contributed by atoms with Crippen LogP contribution in [0.5, 0.6) is 5.75 Å². The summed E-state index contributed by atoms with van der Waals surface area (Å²) in [6.07, 6.45) is 0. The molecule has 0 aliphatic rings. The van der Waals surface area contributed by atoms with Crippen LogP contribution in [0.4, 0.5) is 5.82 Å². The molecule has 4 N–H and O–H groups in total. The molecule has 20 heavy (non-hydrogen) atoms. The highest BCUT2D eigenvalue weighted by atomic mass is 16.4. The summed E-state index contributed by atoms with van der Waals surface area (Å²) in [4.78, 5) is 15.4. The first-order chi connectivity index (χ1) is 9.58. The topological polar surface area (TPSA) is 101 Å². The molecular weight excluding hydrogens is 258 g/mol. The molecule has 3 rings (SSSR count). The summed E-state index contributed by atoms with van der Waals surface area (Å²) in [6, 6.07) is 11.3. The Morgan fingerprint density at radius 3 is 2.50 bits per heavy atom. The van der Waals surface area contributed by atoms with Crippen molar-refractivity contribution in [1.82, 2.24) is 9.38 Å². The molecule has 6 nitrogen and oxygen atoms in total. The number of nitrogen functional groups attached to an aromatic ring is 1. The van der Waals surface area contributed by atoms with Crippen molar-refractivity contribution in [3.05, 3.63) is 48.2 Å². The number of benzene rings is 1. The number of rotatable bonds is 2. The lowest BCUT2D eigenvalue weighted by Crippen LogP contribution is -1.99. The van der Waals surface area contributed by atoms with Gasteiger partial charge in [-0.3, -0.25) is 4.40 Å². The Kier molecular flexibility index (Phi) is 2.57. The Morgan fingerprint density at radius 1 is 1.15 bits per heavy atom. The number of phenolic OH excluding ortho intramolecular Hbond substituents is 1. The summed E-state index contributed by atoms with van der Waals surface area (Å²) in [5, 5.41) is 18.5. The number of nitrogens with two attached hydrogens (primary N) is 1. The van der Waals surface area contributed by atoms with Gasteiger partial charge in [-0.05, 0) is 36.4 Å². The molecule has 3 aromatic rings. The quantitative estimate of drug-likeness (QED) is 0.660. The van der Waals surface area contributed by atoms with Gasteiger partial charge in [0.05, 0.1) is 5.52 Å². The van der Waals surface area contributed by atoms with Gasteiger partial charge in [-0.2, -0.15) is 0 Å². The summed E-state index contributed by atoms with van der Waals surface area (Å²) < 4.78 is 1.58. The van der Waals surface area contributed by atoms with Crippen molar-refractivity contribution in [1.29, 1.82) is 0 Å². The van der Waals surface area contributed by atoms with Crippen LogP contribution >= 0.6 is 0 Å². The van der Waals surface area contributed by atoms with Crippen LogP contribution in [0.2, 0.25) is 0 Å². The van der Waals surface area contributed by atoms with Gasteiger partial charge in [0.1, 0.15) is 17.4 Å². The zero-order valence-corrected chi connectivity index (χ0v) is 10.3. The van der Waals surface area contributed by atoms with Crippen LogP contribution in [-0.4, -0.2) is 25.6 Å². The Morgan fingerprint density at radius 2 is 1.85 bits per heavy atom. The fourth-order valence-corrected chi connectivity index (χ4v) is 2.12. The number of phenols is 1. The van der Waals surface area contributed by atoms with Crippen molar-refractivity contribution in [3.63, 3.8) is 0 Å². The third-order valence-corrected chi connectivity index (χ3v) is 3.02. The number of aromatic nitrogens is 2. The zero-order valence-electron chi connectivity index (χ0n) is 10.3. The van der Waals surface area contributed by atoms with Gasteiger partial charge in [0.25, 0.3) is 0 Å². The van der Waals surface area contributed by atoms with E-state index in [1.807, 2.05) is 0 Å². The number of carboxylic acids is 1. The number of hydrogen-bond donors (Lipinski definition) is 3. The number of carboxylic acid groups (broad SMARTS) is 1. The molecule has 100 valence electrons. The molecule has 0 saturated heterocycles. The van der Waals surface area contributed by atoms with E-state index >= 15 is 0 Å². The third-order valence-electron chi connectivity index (χ3n) is 3.02. The average molecular weight is 269 g/mol. The van der Waals surface area contributed by atoms with Crippen LogP contribution in [0.25, 0.3) is 16.9 Å². The lowest BCUT2D eigenvalue weighted by Gasteiger charge is -2.04. The molecule has 0 fully saturated rings. The highest BCUT2D eigenvalue weighted by Crippen LogP contribution is 2.26. The zero-order chi connectivity index (χ0) is 14.3. The Balaban J connectivity index is 2.35. The summed E-state index contributed by atoms with van der Waals surface area (Å²) in [7, 11) is 0. The van der Waals surface area contributed by atoms with Gasteiger partial charge >= 0.3 is 5.97 Å². The van der Waals surface area contributed by atoms with Crippen LogP contribution in [0.15, 0.2) is 42.5 Å². The number of fused-ring (bicyclic) bond motifs is 1. The molecule has 0 unspecified atom stereocenters. The minimum Gasteiger partial charge on any atom is -0.508 e. The fraction of sp³-hybridized carbons (Fsp3) is 0. The second-order valence-electron chi connectivity index (χ2n) is 4.31. The van der Waals surface area contributed by atoms with E-state index in [2.05, 4.69) is 4.98 Å². The first kappa shape index (κ1) is 12.0. The second kappa shape index (κ2) is 4.27. The maximum atomic E-state index is 11.3. The molecule has 0 aliphatic carbocycles. The summed E-state index contributed by atoms with van der Waals surface area (Å²) in [5.41, 5.74) is 6.96. The van der Waals surface area contributed by atoms with Gasteiger partial charge in [-0.1, -0.05) is 6.07 Å². The molecule has 0 aliphatic heterocycles. The fourth-order valence-electron chi connectivity index (χ4n) is 2.12. The van der Waals surface area contributed by atoms with Crippen LogP contribution in [0.3, 0.4) is 0 Å². The van der Waals surface area contributed by atoms with E-state index in [4.69, 9.17) is 5.73 Å². The van der Waals surface area contributed by atoms with E-state index in [0.29, 0.717) is 22.7 Å². The number of nitrogens with zero attached hydrogens (tertiary/aromatic N) is 2. The molecule has 2 aromatic heterocycles. The largest absolute Gasteiger partial charge is 0.508 e. The van der Waals surface area contributed by atoms with E-state index in [1.54, 1.807) is 34.7 Å². The number of imidazole rings is 1. The Labute approximate surface area is 113 Å². The van der Waals surface area contributed by atoms with Gasteiger partial charge in [0.15, 0.2) is 5.69 Å². The number of anilines is 1. The number of carbonyl (C=O) groups is 1. The normalized spacial score (nSPS) is 10.8. The summed E-state index contributed by atoms with van der Waals surface area (Å²) >= 11 is 0. The van der Waals surface area contributed by atoms with Crippen LogP contribution in [0, 0.1) is 0 Å². The average Bonchev–Trinajstić information content (AvgIpc) is 2.81. The van der Waals surface area contributed by atoms with Crippen molar-refractivity contribution in [2.45, 2.75) is 0 Å². The highest BCUT2D eigenvalue weighted by molar-refractivity contribution is 5.95. The molecule has 0 saturated carbocycles. The number of hydrogen-bond acceptors (Lipinski definition) is 4. The second-order valence-corrected chi connectivity index (χ2v) is 4.31. The molecule has 0 atom stereocenters. The van der Waals surface area contributed by atoms with Crippen LogP contribution in [-0.2, 0) is 0 Å². The molecule has 0 bridgehead atoms. The molecule has 0 spiro atoms. The molecule has 1 aromatic carbocycles. The summed E-state index contributed by atoms with van der Waals surface area (Å²) in [6.45, 7) is 0. The van der Waals surface area contributed by atoms with Crippen LogP contribution in [0.1, 0.15) is 10.5 Å². The third kappa shape index (κ3) is 1.74. The standard InChI is InChI=1S/C14H11N3O3/c15-11-3-1-2-10-12(14(19)20)16-13(17(10)11)8-4-6-9(18)7-5-8/h1-7,18H,15H2,(H,19,20). The van der Waals surface area contributed by atoms with E-state index in [1.165, 1.54) is 12.1 Å². The molecule has 0 amide bonds. The molecule has 2 heterocycles. The van der Waals surface area contributed by atoms with E-state index in [-0.39, 0.29) is 11.4 Å². The van der Waals surface area contributed by atoms with Gasteiger partial charge in [0.2, 0.25) is 0 Å². The van der Waals surface area contributed by atoms with Crippen molar-refractivity contribution in [2.24, 2.45) is 0 Å². The van der Waals surface area contributed by atoms with E-state index < -0.39 is 5.97 Å². The molecule has 0 radical (unpaired) electrons. The van der Waals surface area contributed by atoms with Gasteiger partial charge < -0.3 is 15.9 Å². The van der Waals surface area contributed by atoms with Gasteiger partial charge in [0, 0.05) is 5.56 Å². The first-order valence-corrected chi connectivity index (χ1v) is 5.87. The van der Waals surface area contributed by atoms with Gasteiger partial charge in [-0.15, -0.1) is 0 Å². The van der Waals surface area contributed by atoms with Crippen LogP contribution < -0.4 is 5.73 Å². The lowest BCUT2D eigenvalue weighted by atomic mass is 10.2. The predicted molar refractivity (Wildman–Crippen MR) is 73.7 cm³/mol. The Bertz CT molecular complexity index is 806. The SMILES string of the molecule is Nc1cccc2c(C(=O)O)nc(-c3ccc(O)cc3)n12. The van der Waals surface area contributed by atoms with E-state index in [0.717, 1.165) is 0 Å². The number of pyridine rings is 1. The van der Waals surface area contributed by atoms with Crippen molar-refractivity contribution in [2.75, 3.05) is 5.73 Å². The van der Waals surface area contributed by atoms with E-state index in [9.17, 15) is 15.0 Å². The monoisotopic (exact) mass is 269 g/mol. The predicted octanol–water partition coefficient (Wildman–Crippen LogP) is 1.99. The molecular formula is C14H11N3O3. The Hall–Kier alpha value is -3.02. The number of aromatic hydroxyl groups is 1. The maximum absolute atomic E-state index is 11.3. The van der Waals surface area contributed by atoms with Crippen molar-refractivity contribution in [3.8, 4) is 17.1 Å². The van der Waals surface area contributed by atoms with Crippen molar-refractivity contribution < 1.29 is 15.0 Å². The maximum Gasteiger partial charge on any atom is 0.356 e. The van der Waals surface area contributed by atoms with Crippen molar-refractivity contribution >= 4 is 17.3 Å². The lowest BCUT2D eigenvalue weighted by molar-refractivity contribution is 0.0693. The first-order valence-electron chi connectivity index (χ1n) is 5.87. The summed E-state index contributed by atoms with van der Waals surface area (Å²) in [5.74, 6) is -0.166. The minimum atomic E-state index is -1.11. The molecule has 6 heteroatoms. The minimum absolute atomic E-state index is 0.0552. The van der Waals surface area contributed by atoms with Gasteiger partial charge in [-0.25, -0.2) is 9.78 Å². The highest BCUT2D eigenvalue weighted by Gasteiger charge is 2.18.